The quantitative estimate of drug-likeness (QED) is 0.172. The van der Waals surface area contributed by atoms with E-state index in [2.05, 4.69) is 178 Å². The molecule has 0 radical (unpaired) electrons. The van der Waals surface area contributed by atoms with Crippen molar-refractivity contribution < 1.29 is 4.74 Å². The van der Waals surface area contributed by atoms with E-state index in [1.807, 2.05) is 36.4 Å². The van der Waals surface area contributed by atoms with Gasteiger partial charge in [0.15, 0.2) is 23.3 Å². The van der Waals surface area contributed by atoms with Gasteiger partial charge in [-0.15, -0.1) is 0 Å². The summed E-state index contributed by atoms with van der Waals surface area (Å²) < 4.78 is 6.87. The summed E-state index contributed by atoms with van der Waals surface area (Å²) in [4.78, 5) is 27.2. The molecule has 6 heteroatoms. The first kappa shape index (κ1) is 37.2. The fraction of sp³-hybridized carbons (Fsp3) is 0.0678. The molecule has 2 aromatic heterocycles. The van der Waals surface area contributed by atoms with Crippen LogP contribution in [0.25, 0.3) is 79.1 Å². The van der Waals surface area contributed by atoms with Crippen molar-refractivity contribution in [3.8, 4) is 90.6 Å². The first-order valence-corrected chi connectivity index (χ1v) is 22.1. The Balaban J connectivity index is 1.15. The molecule has 0 saturated carbocycles. The van der Waals surface area contributed by atoms with Crippen molar-refractivity contribution in [3.05, 3.63) is 234 Å². The van der Waals surface area contributed by atoms with Crippen LogP contribution in [0.5, 0.6) is 11.5 Å². The summed E-state index contributed by atoms with van der Waals surface area (Å²) >= 11 is 0. The number of nitrogens with zero attached hydrogens (tertiary/aromatic N) is 5. The molecule has 0 bridgehead atoms. The number of benzene rings is 8. The van der Waals surface area contributed by atoms with E-state index >= 15 is 0 Å². The number of para-hydroxylation sites is 2. The van der Waals surface area contributed by atoms with Gasteiger partial charge in [-0.05, 0) is 45.5 Å². The van der Waals surface area contributed by atoms with Crippen LogP contribution in [0.4, 0.5) is 0 Å². The number of aromatic nitrogens is 5. The topological polar surface area (TPSA) is 73.7 Å². The van der Waals surface area contributed by atoms with Gasteiger partial charge in [-0.25, -0.2) is 24.9 Å². The highest BCUT2D eigenvalue weighted by Crippen LogP contribution is 2.65. The summed E-state index contributed by atoms with van der Waals surface area (Å²) in [5.41, 5.74) is 15.3. The molecule has 306 valence electrons. The van der Waals surface area contributed by atoms with Gasteiger partial charge in [0, 0.05) is 49.9 Å². The first-order valence-electron chi connectivity index (χ1n) is 22.1. The number of fused-ring (bicyclic) bond motifs is 12. The zero-order valence-corrected chi connectivity index (χ0v) is 35.7. The Hall–Kier alpha value is -8.35. The van der Waals surface area contributed by atoms with Gasteiger partial charge < -0.3 is 4.74 Å². The zero-order chi connectivity index (χ0) is 43.3. The molecule has 0 amide bonds. The van der Waals surface area contributed by atoms with Crippen molar-refractivity contribution in [2.24, 2.45) is 0 Å². The van der Waals surface area contributed by atoms with Gasteiger partial charge >= 0.3 is 0 Å². The fourth-order valence-electron chi connectivity index (χ4n) is 10.8. The van der Waals surface area contributed by atoms with E-state index in [1.54, 1.807) is 0 Å². The molecule has 3 aliphatic rings. The lowest BCUT2D eigenvalue weighted by molar-refractivity contribution is 0.436. The third-order valence-electron chi connectivity index (χ3n) is 13.6. The number of hydrogen-bond donors (Lipinski definition) is 0. The number of ether oxygens (including phenoxy) is 1. The van der Waals surface area contributed by atoms with Gasteiger partial charge in [0.1, 0.15) is 11.5 Å². The van der Waals surface area contributed by atoms with E-state index in [4.69, 9.17) is 29.7 Å². The average molecular weight is 834 g/mol. The van der Waals surface area contributed by atoms with Crippen LogP contribution < -0.4 is 4.74 Å². The van der Waals surface area contributed by atoms with Crippen molar-refractivity contribution >= 4 is 0 Å². The highest BCUT2D eigenvalue weighted by atomic mass is 16.5. The van der Waals surface area contributed by atoms with Crippen LogP contribution in [-0.2, 0) is 10.8 Å². The molecule has 0 unspecified atom stereocenters. The van der Waals surface area contributed by atoms with Crippen LogP contribution in [0.15, 0.2) is 200 Å². The third-order valence-corrected chi connectivity index (χ3v) is 13.6. The van der Waals surface area contributed by atoms with Gasteiger partial charge in [0.2, 0.25) is 0 Å². The molecule has 0 N–H and O–H groups in total. The van der Waals surface area contributed by atoms with E-state index in [1.165, 1.54) is 11.1 Å². The standard InChI is InChI=1S/C59H39N5O/c1-58(2)44-31-13-12-26-41(44)49-52(36-20-6-3-7-21-36)60-56(61-53(49)58)42-29-18-27-39-40-28-19-30-43(57-63-54(37-22-8-4-9-23-37)62-55(64-57)38-24-10-5-11-25-38)51(40)59(50(39)42)45-32-14-16-34-47(45)65-48-35-17-15-33-46(48)59/h3-35H,1-2H3. The van der Waals surface area contributed by atoms with Crippen LogP contribution in [-0.4, -0.2) is 24.9 Å². The highest BCUT2D eigenvalue weighted by molar-refractivity contribution is 5.98. The van der Waals surface area contributed by atoms with Gasteiger partial charge in [0.25, 0.3) is 0 Å². The highest BCUT2D eigenvalue weighted by Gasteiger charge is 2.54. The summed E-state index contributed by atoms with van der Waals surface area (Å²) in [7, 11) is 0. The normalized spacial score (nSPS) is 14.1. The Morgan fingerprint density at radius 2 is 0.754 bits per heavy atom. The Morgan fingerprint density at radius 3 is 1.31 bits per heavy atom. The average Bonchev–Trinajstić information content (AvgIpc) is 3.80. The molecular formula is C59H39N5O. The van der Waals surface area contributed by atoms with E-state index in [-0.39, 0.29) is 5.41 Å². The van der Waals surface area contributed by atoms with Gasteiger partial charge in [-0.1, -0.05) is 202 Å². The Morgan fingerprint density at radius 1 is 0.338 bits per heavy atom. The van der Waals surface area contributed by atoms with Gasteiger partial charge in [0.05, 0.1) is 16.8 Å². The molecule has 1 spiro atoms. The Labute approximate surface area is 377 Å². The van der Waals surface area contributed by atoms with E-state index in [0.29, 0.717) is 23.3 Å². The maximum absolute atomic E-state index is 6.87. The predicted molar refractivity (Wildman–Crippen MR) is 258 cm³/mol. The second-order valence-electron chi connectivity index (χ2n) is 17.5. The van der Waals surface area contributed by atoms with Crippen molar-refractivity contribution in [2.45, 2.75) is 24.7 Å². The maximum atomic E-state index is 6.87. The second-order valence-corrected chi connectivity index (χ2v) is 17.5. The molecule has 0 saturated heterocycles. The monoisotopic (exact) mass is 833 g/mol. The molecule has 3 heterocycles. The summed E-state index contributed by atoms with van der Waals surface area (Å²) in [6.07, 6.45) is 0. The minimum atomic E-state index is -0.913. The van der Waals surface area contributed by atoms with E-state index < -0.39 is 5.41 Å². The molecule has 13 rings (SSSR count). The van der Waals surface area contributed by atoms with Crippen LogP contribution in [0, 0.1) is 0 Å². The lowest BCUT2D eigenvalue weighted by atomic mass is 9.64. The van der Waals surface area contributed by atoms with E-state index in [9.17, 15) is 0 Å². The van der Waals surface area contributed by atoms with Crippen molar-refractivity contribution in [2.75, 3.05) is 0 Å². The van der Waals surface area contributed by atoms with Crippen molar-refractivity contribution in [1.29, 1.82) is 0 Å². The summed E-state index contributed by atoms with van der Waals surface area (Å²) in [6, 6.07) is 69.7. The molecule has 6 nitrogen and oxygen atoms in total. The van der Waals surface area contributed by atoms with Crippen LogP contribution in [0.1, 0.15) is 47.4 Å². The predicted octanol–water partition coefficient (Wildman–Crippen LogP) is 13.8. The Kier molecular flexibility index (Phi) is 8.06. The van der Waals surface area contributed by atoms with Crippen LogP contribution >= 0.6 is 0 Å². The second kappa shape index (κ2) is 14.1. The molecule has 2 aliphatic carbocycles. The largest absolute Gasteiger partial charge is 0.457 e. The molecule has 0 fully saturated rings. The van der Waals surface area contributed by atoms with Gasteiger partial charge in [-0.2, -0.15) is 0 Å². The molecule has 0 atom stereocenters. The number of rotatable bonds is 5. The number of hydrogen-bond acceptors (Lipinski definition) is 6. The van der Waals surface area contributed by atoms with Gasteiger partial charge in [-0.3, -0.25) is 0 Å². The lowest BCUT2D eigenvalue weighted by Gasteiger charge is -2.40. The molecule has 1 aliphatic heterocycles. The maximum Gasteiger partial charge on any atom is 0.164 e. The summed E-state index contributed by atoms with van der Waals surface area (Å²) in [6.45, 7) is 4.57. The molecule has 65 heavy (non-hydrogen) atoms. The van der Waals surface area contributed by atoms with E-state index in [0.717, 1.165) is 89.6 Å². The molecular weight excluding hydrogens is 795 g/mol. The SMILES string of the molecule is CC1(C)c2ccccc2-c2c(-c3ccccc3)nc(-c3cccc4c3C3(c5ccccc5Oc5ccccc53)c3c(-c5nc(-c6ccccc6)nc(-c6ccccc6)n5)cccc3-4)nc21. The smallest absolute Gasteiger partial charge is 0.164 e. The summed E-state index contributed by atoms with van der Waals surface area (Å²) in [5, 5.41) is 0. The zero-order valence-electron chi connectivity index (χ0n) is 35.7. The third kappa shape index (κ3) is 5.37. The minimum absolute atomic E-state index is 0.373. The molecule has 8 aromatic carbocycles. The van der Waals surface area contributed by atoms with Crippen molar-refractivity contribution in [1.82, 2.24) is 24.9 Å². The fourth-order valence-corrected chi connectivity index (χ4v) is 10.8. The van der Waals surface area contributed by atoms with Crippen LogP contribution in [0.2, 0.25) is 0 Å². The lowest BCUT2D eigenvalue weighted by Crippen LogP contribution is -2.33. The molecule has 10 aromatic rings. The summed E-state index contributed by atoms with van der Waals surface area (Å²) in [5.74, 6) is 4.05. The Bertz CT molecular complexity index is 3450. The van der Waals surface area contributed by atoms with Crippen molar-refractivity contribution in [3.63, 3.8) is 0 Å². The minimum Gasteiger partial charge on any atom is -0.457 e. The van der Waals surface area contributed by atoms with Crippen LogP contribution in [0.3, 0.4) is 0 Å². The first-order chi connectivity index (χ1) is 32.0.